The molecule has 0 bridgehead atoms. The molecule has 1 aromatic carbocycles. The molecule has 1 saturated heterocycles. The van der Waals surface area contributed by atoms with Crippen LogP contribution in [0.4, 0.5) is 0 Å². The quantitative estimate of drug-likeness (QED) is 0.924. The summed E-state index contributed by atoms with van der Waals surface area (Å²) in [6, 6.07) is 8.30. The van der Waals surface area contributed by atoms with Crippen molar-refractivity contribution in [2.75, 3.05) is 20.1 Å². The van der Waals surface area contributed by atoms with Crippen molar-refractivity contribution in [1.29, 1.82) is 0 Å². The maximum absolute atomic E-state index is 12.1. The first-order valence-electron chi connectivity index (χ1n) is 6.39. The van der Waals surface area contributed by atoms with Gasteiger partial charge in [0.05, 0.1) is 6.04 Å². The van der Waals surface area contributed by atoms with Crippen LogP contribution in [0.3, 0.4) is 0 Å². The fourth-order valence-electron chi connectivity index (χ4n) is 2.22. The highest BCUT2D eigenvalue weighted by Gasteiger charge is 2.24. The third-order valence-electron chi connectivity index (χ3n) is 3.38. The van der Waals surface area contributed by atoms with Crippen LogP contribution in [0.1, 0.15) is 18.4 Å². The van der Waals surface area contributed by atoms with Gasteiger partial charge >= 0.3 is 0 Å². The van der Waals surface area contributed by atoms with Gasteiger partial charge in [0.25, 0.3) is 0 Å². The van der Waals surface area contributed by atoms with Crippen molar-refractivity contribution in [3.8, 4) is 0 Å². The highest BCUT2D eigenvalue weighted by molar-refractivity contribution is 9.10. The molecule has 1 fully saturated rings. The van der Waals surface area contributed by atoms with E-state index >= 15 is 0 Å². The Morgan fingerprint density at radius 2 is 2.17 bits per heavy atom. The molecular weight excluding hydrogens is 292 g/mol. The van der Waals surface area contributed by atoms with Crippen molar-refractivity contribution in [3.05, 3.63) is 34.3 Å². The molecule has 0 aliphatic carbocycles. The molecule has 1 N–H and O–H groups in total. The Morgan fingerprint density at radius 3 is 2.78 bits per heavy atom. The van der Waals surface area contributed by atoms with Crippen LogP contribution in [0, 0.1) is 0 Å². The van der Waals surface area contributed by atoms with Crippen LogP contribution in [-0.2, 0) is 11.2 Å². The second-order valence-electron chi connectivity index (χ2n) is 4.79. The van der Waals surface area contributed by atoms with Crippen LogP contribution in [0.25, 0.3) is 0 Å². The lowest BCUT2D eigenvalue weighted by molar-refractivity contribution is -0.131. The summed E-state index contributed by atoms with van der Waals surface area (Å²) < 4.78 is 1.09. The van der Waals surface area contributed by atoms with Crippen LogP contribution < -0.4 is 5.32 Å². The van der Waals surface area contributed by atoms with Crippen LogP contribution in [0.5, 0.6) is 0 Å². The second-order valence-corrected chi connectivity index (χ2v) is 5.70. The van der Waals surface area contributed by atoms with Crippen LogP contribution in [-0.4, -0.2) is 37.0 Å². The SMILES string of the molecule is CN(CCc1ccc(Br)cc1)C(=O)C1CCCN1. The fraction of sp³-hybridized carbons (Fsp3) is 0.500. The molecule has 0 aromatic heterocycles. The van der Waals surface area contributed by atoms with Gasteiger partial charge in [0.1, 0.15) is 0 Å². The van der Waals surface area contributed by atoms with E-state index in [0.717, 1.165) is 36.8 Å². The summed E-state index contributed by atoms with van der Waals surface area (Å²) in [6.07, 6.45) is 2.99. The molecule has 18 heavy (non-hydrogen) atoms. The van der Waals surface area contributed by atoms with Gasteiger partial charge in [-0.3, -0.25) is 4.79 Å². The predicted molar refractivity (Wildman–Crippen MR) is 76.5 cm³/mol. The number of hydrogen-bond acceptors (Lipinski definition) is 2. The average Bonchev–Trinajstić information content (AvgIpc) is 2.90. The van der Waals surface area contributed by atoms with E-state index in [1.165, 1.54) is 5.56 Å². The summed E-state index contributed by atoms with van der Waals surface area (Å²) in [6.45, 7) is 1.75. The highest BCUT2D eigenvalue weighted by atomic mass is 79.9. The third-order valence-corrected chi connectivity index (χ3v) is 3.91. The normalized spacial score (nSPS) is 18.9. The standard InChI is InChI=1S/C14H19BrN2O/c1-17(14(18)13-3-2-9-16-13)10-8-11-4-6-12(15)7-5-11/h4-7,13,16H,2-3,8-10H2,1H3. The van der Waals surface area contributed by atoms with Gasteiger partial charge in [-0.2, -0.15) is 0 Å². The molecular formula is C14H19BrN2O. The summed E-state index contributed by atoms with van der Waals surface area (Å²) in [5.41, 5.74) is 1.26. The first-order chi connectivity index (χ1) is 8.66. The number of nitrogens with zero attached hydrogens (tertiary/aromatic N) is 1. The lowest BCUT2D eigenvalue weighted by Gasteiger charge is -2.21. The first-order valence-corrected chi connectivity index (χ1v) is 7.19. The zero-order valence-electron chi connectivity index (χ0n) is 10.7. The molecule has 2 rings (SSSR count). The smallest absolute Gasteiger partial charge is 0.239 e. The molecule has 1 aliphatic rings. The lowest BCUT2D eigenvalue weighted by Crippen LogP contribution is -2.42. The van der Waals surface area contributed by atoms with E-state index < -0.39 is 0 Å². The molecule has 1 atom stereocenters. The summed E-state index contributed by atoms with van der Waals surface area (Å²) in [4.78, 5) is 13.9. The topological polar surface area (TPSA) is 32.3 Å². The van der Waals surface area contributed by atoms with Gasteiger partial charge in [-0.05, 0) is 43.5 Å². The Bertz CT molecular complexity index is 399. The average molecular weight is 311 g/mol. The largest absolute Gasteiger partial charge is 0.344 e. The summed E-state index contributed by atoms with van der Waals surface area (Å²) in [5, 5.41) is 3.25. The first kappa shape index (κ1) is 13.6. The Kier molecular flexibility index (Phi) is 4.78. The molecule has 3 nitrogen and oxygen atoms in total. The Balaban J connectivity index is 1.82. The number of benzene rings is 1. The maximum Gasteiger partial charge on any atom is 0.239 e. The van der Waals surface area contributed by atoms with Gasteiger partial charge in [-0.15, -0.1) is 0 Å². The van der Waals surface area contributed by atoms with E-state index in [1.807, 2.05) is 24.1 Å². The monoisotopic (exact) mass is 310 g/mol. The van der Waals surface area contributed by atoms with E-state index in [2.05, 4.69) is 33.4 Å². The minimum atomic E-state index is 0.0416. The van der Waals surface area contributed by atoms with E-state index in [0.29, 0.717) is 0 Å². The number of hydrogen-bond donors (Lipinski definition) is 1. The molecule has 1 aromatic rings. The fourth-order valence-corrected chi connectivity index (χ4v) is 2.48. The molecule has 1 amide bonds. The van der Waals surface area contributed by atoms with E-state index in [4.69, 9.17) is 0 Å². The summed E-state index contributed by atoms with van der Waals surface area (Å²) in [5.74, 6) is 0.226. The second kappa shape index (κ2) is 6.34. The molecule has 1 aliphatic heterocycles. The maximum atomic E-state index is 12.1. The molecule has 1 unspecified atom stereocenters. The zero-order chi connectivity index (χ0) is 13.0. The van der Waals surface area contributed by atoms with Gasteiger partial charge in [0.2, 0.25) is 5.91 Å². The zero-order valence-corrected chi connectivity index (χ0v) is 12.2. The summed E-state index contributed by atoms with van der Waals surface area (Å²) >= 11 is 3.42. The minimum absolute atomic E-state index is 0.0416. The highest BCUT2D eigenvalue weighted by Crippen LogP contribution is 2.12. The minimum Gasteiger partial charge on any atom is -0.344 e. The van der Waals surface area contributed by atoms with Crippen molar-refractivity contribution in [1.82, 2.24) is 10.2 Å². The van der Waals surface area contributed by atoms with Gasteiger partial charge in [-0.25, -0.2) is 0 Å². The lowest BCUT2D eigenvalue weighted by atomic mass is 10.1. The van der Waals surface area contributed by atoms with Gasteiger partial charge < -0.3 is 10.2 Å². The van der Waals surface area contributed by atoms with Crippen molar-refractivity contribution < 1.29 is 4.79 Å². The van der Waals surface area contributed by atoms with Crippen LogP contribution in [0.15, 0.2) is 28.7 Å². The number of likely N-dealkylation sites (N-methyl/N-ethyl adjacent to an activating group) is 1. The predicted octanol–water partition coefficient (Wildman–Crippen LogP) is 2.20. The van der Waals surface area contributed by atoms with E-state index in [-0.39, 0.29) is 11.9 Å². The van der Waals surface area contributed by atoms with Crippen molar-refractivity contribution in [2.24, 2.45) is 0 Å². The number of rotatable bonds is 4. The number of nitrogens with one attached hydrogen (secondary N) is 1. The van der Waals surface area contributed by atoms with E-state index in [1.54, 1.807) is 0 Å². The number of amides is 1. The Hall–Kier alpha value is -0.870. The molecule has 0 saturated carbocycles. The molecule has 98 valence electrons. The van der Waals surface area contributed by atoms with E-state index in [9.17, 15) is 4.79 Å². The third kappa shape index (κ3) is 3.56. The Morgan fingerprint density at radius 1 is 1.44 bits per heavy atom. The van der Waals surface area contributed by atoms with Crippen LogP contribution in [0.2, 0.25) is 0 Å². The Labute approximate surface area is 117 Å². The van der Waals surface area contributed by atoms with Gasteiger partial charge in [-0.1, -0.05) is 28.1 Å². The number of halogens is 1. The number of carbonyl (C=O) groups is 1. The van der Waals surface area contributed by atoms with Gasteiger partial charge in [0.15, 0.2) is 0 Å². The summed E-state index contributed by atoms with van der Waals surface area (Å²) in [7, 11) is 1.89. The van der Waals surface area contributed by atoms with Crippen molar-refractivity contribution >= 4 is 21.8 Å². The molecule has 1 heterocycles. The van der Waals surface area contributed by atoms with Crippen molar-refractivity contribution in [3.63, 3.8) is 0 Å². The molecule has 0 radical (unpaired) electrons. The van der Waals surface area contributed by atoms with Crippen molar-refractivity contribution in [2.45, 2.75) is 25.3 Å². The molecule has 0 spiro atoms. The van der Waals surface area contributed by atoms with Crippen LogP contribution >= 0.6 is 15.9 Å². The van der Waals surface area contributed by atoms with Gasteiger partial charge in [0, 0.05) is 18.1 Å². The number of carbonyl (C=O) groups excluding carboxylic acids is 1. The molecule has 4 heteroatoms.